The average molecular weight is 352 g/mol. The van der Waals surface area contributed by atoms with Gasteiger partial charge in [-0.05, 0) is 30.7 Å². The van der Waals surface area contributed by atoms with Crippen LogP contribution in [0.1, 0.15) is 17.5 Å². The highest BCUT2D eigenvalue weighted by atomic mass is 16.5. The van der Waals surface area contributed by atoms with Gasteiger partial charge < -0.3 is 14.8 Å². The van der Waals surface area contributed by atoms with Gasteiger partial charge >= 0.3 is 6.03 Å². The molecule has 1 saturated heterocycles. The topological polar surface area (TPSA) is 76.7 Å². The number of imide groups is 1. The lowest BCUT2D eigenvalue weighted by Crippen LogP contribution is -2.22. The maximum atomic E-state index is 11.6. The number of carbonyl (C=O) groups is 2. The quantitative estimate of drug-likeness (QED) is 0.456. The van der Waals surface area contributed by atoms with Crippen LogP contribution in [0.5, 0.6) is 11.5 Å². The van der Waals surface area contributed by atoms with Crippen molar-refractivity contribution in [2.45, 2.75) is 13.3 Å². The van der Waals surface area contributed by atoms with Gasteiger partial charge in [0.25, 0.3) is 5.91 Å². The fraction of sp³-hybridized carbons (Fsp3) is 0.200. The molecule has 0 atom stereocenters. The van der Waals surface area contributed by atoms with Crippen molar-refractivity contribution in [3.8, 4) is 11.5 Å². The molecule has 6 heteroatoms. The first-order chi connectivity index (χ1) is 12.6. The highest BCUT2D eigenvalue weighted by Crippen LogP contribution is 2.22. The molecular formula is C20H20N2O4. The van der Waals surface area contributed by atoms with Crippen molar-refractivity contribution in [3.63, 3.8) is 0 Å². The van der Waals surface area contributed by atoms with Crippen LogP contribution in [-0.2, 0) is 4.79 Å². The van der Waals surface area contributed by atoms with Crippen molar-refractivity contribution in [1.29, 1.82) is 0 Å². The maximum absolute atomic E-state index is 11.6. The minimum atomic E-state index is -0.520. The van der Waals surface area contributed by atoms with Gasteiger partial charge in [-0.1, -0.05) is 36.4 Å². The van der Waals surface area contributed by atoms with Crippen LogP contribution in [0, 0.1) is 6.92 Å². The number of benzene rings is 2. The summed E-state index contributed by atoms with van der Waals surface area (Å²) in [6, 6.07) is 14.7. The smallest absolute Gasteiger partial charge is 0.326 e. The van der Waals surface area contributed by atoms with Gasteiger partial charge in [0.15, 0.2) is 0 Å². The number of rotatable bonds is 7. The normalized spacial score (nSPS) is 14.9. The first-order valence-electron chi connectivity index (χ1n) is 8.38. The molecular weight excluding hydrogens is 332 g/mol. The molecule has 1 heterocycles. The van der Waals surface area contributed by atoms with E-state index in [4.69, 9.17) is 9.47 Å². The van der Waals surface area contributed by atoms with Gasteiger partial charge in [0.05, 0.1) is 13.2 Å². The predicted molar refractivity (Wildman–Crippen MR) is 97.9 cm³/mol. The zero-order chi connectivity index (χ0) is 18.4. The van der Waals surface area contributed by atoms with Crippen molar-refractivity contribution in [1.82, 2.24) is 10.6 Å². The summed E-state index contributed by atoms with van der Waals surface area (Å²) in [5, 5.41) is 4.64. The van der Waals surface area contributed by atoms with Crippen LogP contribution in [0.4, 0.5) is 4.79 Å². The average Bonchev–Trinajstić information content (AvgIpc) is 2.94. The molecule has 2 aromatic carbocycles. The molecule has 2 aromatic rings. The zero-order valence-corrected chi connectivity index (χ0v) is 14.5. The van der Waals surface area contributed by atoms with Crippen LogP contribution >= 0.6 is 0 Å². The number of urea groups is 1. The fourth-order valence-electron chi connectivity index (χ4n) is 2.51. The van der Waals surface area contributed by atoms with Gasteiger partial charge in [-0.15, -0.1) is 0 Å². The minimum absolute atomic E-state index is 0.203. The van der Waals surface area contributed by atoms with E-state index in [1.165, 1.54) is 0 Å². The molecule has 0 bridgehead atoms. The Balaban J connectivity index is 1.54. The lowest BCUT2D eigenvalue weighted by atomic mass is 10.1. The second-order valence-electron chi connectivity index (χ2n) is 5.82. The van der Waals surface area contributed by atoms with Crippen molar-refractivity contribution in [2.24, 2.45) is 0 Å². The monoisotopic (exact) mass is 352 g/mol. The number of hydrogen-bond donors (Lipinski definition) is 2. The van der Waals surface area contributed by atoms with Crippen molar-refractivity contribution in [3.05, 3.63) is 65.4 Å². The van der Waals surface area contributed by atoms with Crippen LogP contribution in [0.2, 0.25) is 0 Å². The van der Waals surface area contributed by atoms with Crippen LogP contribution in [0.15, 0.2) is 54.2 Å². The summed E-state index contributed by atoms with van der Waals surface area (Å²) in [5.74, 6) is 1.07. The highest BCUT2D eigenvalue weighted by molar-refractivity contribution is 6.14. The molecule has 1 aliphatic rings. The van der Waals surface area contributed by atoms with Gasteiger partial charge in [-0.25, -0.2) is 4.79 Å². The second-order valence-corrected chi connectivity index (χ2v) is 5.82. The standard InChI is InChI=1S/C20H20N2O4/c1-14-7-2-4-9-17(14)25-11-6-12-26-18-10-5-3-8-15(18)13-16-19(23)22-20(24)21-16/h2-5,7-10,13H,6,11-12H2,1H3,(H2,21,22,23,24). The summed E-state index contributed by atoms with van der Waals surface area (Å²) < 4.78 is 11.6. The first kappa shape index (κ1) is 17.5. The molecule has 0 radical (unpaired) electrons. The highest BCUT2D eigenvalue weighted by Gasteiger charge is 2.23. The first-order valence-corrected chi connectivity index (χ1v) is 8.38. The molecule has 2 N–H and O–H groups in total. The summed E-state index contributed by atoms with van der Waals surface area (Å²) in [6.07, 6.45) is 2.32. The molecule has 3 amide bonds. The molecule has 0 spiro atoms. The maximum Gasteiger partial charge on any atom is 0.326 e. The van der Waals surface area contributed by atoms with E-state index in [1.54, 1.807) is 6.08 Å². The van der Waals surface area contributed by atoms with E-state index in [-0.39, 0.29) is 5.70 Å². The number of hydrogen-bond acceptors (Lipinski definition) is 4. The minimum Gasteiger partial charge on any atom is -0.493 e. The molecule has 1 aliphatic heterocycles. The fourth-order valence-corrected chi connectivity index (χ4v) is 2.51. The van der Waals surface area contributed by atoms with Crippen LogP contribution < -0.4 is 20.1 Å². The second kappa shape index (κ2) is 8.20. The molecule has 26 heavy (non-hydrogen) atoms. The third-order valence-corrected chi connectivity index (χ3v) is 3.84. The van der Waals surface area contributed by atoms with Crippen LogP contribution in [0.25, 0.3) is 6.08 Å². The molecule has 0 saturated carbocycles. The number of nitrogens with one attached hydrogen (secondary N) is 2. The summed E-state index contributed by atoms with van der Waals surface area (Å²) in [6.45, 7) is 3.03. The SMILES string of the molecule is Cc1ccccc1OCCCOc1ccccc1C=C1NC(=O)NC1=O. The molecule has 1 fully saturated rings. The number of ether oxygens (including phenoxy) is 2. The lowest BCUT2D eigenvalue weighted by molar-refractivity contribution is -0.115. The van der Waals surface area contributed by atoms with Crippen LogP contribution in [0.3, 0.4) is 0 Å². The predicted octanol–water partition coefficient (Wildman–Crippen LogP) is 3.02. The van der Waals surface area contributed by atoms with Crippen molar-refractivity contribution in [2.75, 3.05) is 13.2 Å². The van der Waals surface area contributed by atoms with Crippen molar-refractivity contribution >= 4 is 18.0 Å². The van der Waals surface area contributed by atoms with Gasteiger partial charge in [-0.3, -0.25) is 10.1 Å². The Bertz CT molecular complexity index is 845. The van der Waals surface area contributed by atoms with Gasteiger partial charge in [0.1, 0.15) is 17.2 Å². The Labute approximate surface area is 151 Å². The molecule has 134 valence electrons. The van der Waals surface area contributed by atoms with E-state index in [0.717, 1.165) is 23.3 Å². The van der Waals surface area contributed by atoms with Gasteiger partial charge in [-0.2, -0.15) is 0 Å². The van der Waals surface area contributed by atoms with E-state index >= 15 is 0 Å². The van der Waals surface area contributed by atoms with Gasteiger partial charge in [0.2, 0.25) is 0 Å². The summed E-state index contributed by atoms with van der Waals surface area (Å²) in [4.78, 5) is 22.8. The number of carbonyl (C=O) groups excluding carboxylic acids is 2. The Hall–Kier alpha value is -3.28. The van der Waals surface area contributed by atoms with E-state index < -0.39 is 11.9 Å². The largest absolute Gasteiger partial charge is 0.493 e. The molecule has 0 unspecified atom stereocenters. The summed E-state index contributed by atoms with van der Waals surface area (Å²) >= 11 is 0. The van der Waals surface area contributed by atoms with Crippen molar-refractivity contribution < 1.29 is 19.1 Å². The molecule has 3 rings (SSSR count). The van der Waals surface area contributed by atoms with Crippen LogP contribution in [-0.4, -0.2) is 25.2 Å². The van der Waals surface area contributed by atoms with Gasteiger partial charge in [0, 0.05) is 12.0 Å². The lowest BCUT2D eigenvalue weighted by Gasteiger charge is -2.11. The number of aryl methyl sites for hydroxylation is 1. The Morgan fingerprint density at radius 1 is 0.885 bits per heavy atom. The molecule has 6 nitrogen and oxygen atoms in total. The molecule has 0 aliphatic carbocycles. The molecule has 0 aromatic heterocycles. The number of amides is 3. The van der Waals surface area contributed by atoms with E-state index in [1.807, 2.05) is 55.5 Å². The third kappa shape index (κ3) is 4.42. The van der Waals surface area contributed by atoms with E-state index in [9.17, 15) is 9.59 Å². The zero-order valence-electron chi connectivity index (χ0n) is 14.5. The summed E-state index contributed by atoms with van der Waals surface area (Å²) in [7, 11) is 0. The van der Waals surface area contributed by atoms with E-state index in [2.05, 4.69) is 10.6 Å². The third-order valence-electron chi connectivity index (χ3n) is 3.84. The van der Waals surface area contributed by atoms with E-state index in [0.29, 0.717) is 19.0 Å². The summed E-state index contributed by atoms with van der Waals surface area (Å²) in [5.41, 5.74) is 2.02. The Kier molecular flexibility index (Phi) is 5.53. The Morgan fingerprint density at radius 3 is 2.23 bits per heavy atom. The Morgan fingerprint density at radius 2 is 1.54 bits per heavy atom. The number of para-hydroxylation sites is 2.